The molecule has 2 aliphatic rings. The first-order chi connectivity index (χ1) is 13.2. The summed E-state index contributed by atoms with van der Waals surface area (Å²) in [5.41, 5.74) is 2.21. The normalized spacial score (nSPS) is 20.8. The van der Waals surface area contributed by atoms with Crippen LogP contribution in [0.5, 0.6) is 0 Å². The minimum Gasteiger partial charge on any atom is -0.355 e. The summed E-state index contributed by atoms with van der Waals surface area (Å²) in [5, 5.41) is 1.97. The van der Waals surface area contributed by atoms with Gasteiger partial charge in [0.05, 0.1) is 16.3 Å². The Labute approximate surface area is 162 Å². The van der Waals surface area contributed by atoms with Gasteiger partial charge in [-0.25, -0.2) is 4.98 Å². The van der Waals surface area contributed by atoms with Crippen LogP contribution in [0.25, 0.3) is 5.82 Å². The van der Waals surface area contributed by atoms with Crippen molar-refractivity contribution in [3.63, 3.8) is 0 Å². The van der Waals surface area contributed by atoms with Crippen molar-refractivity contribution in [3.8, 4) is 5.82 Å². The van der Waals surface area contributed by atoms with Gasteiger partial charge in [-0.3, -0.25) is 4.79 Å². The average molecular weight is 379 g/mol. The number of amides is 1. The molecule has 2 aliphatic heterocycles. The third-order valence-electron chi connectivity index (χ3n) is 5.74. The zero-order valence-electron chi connectivity index (χ0n) is 15.3. The predicted octanol–water partition coefficient (Wildman–Crippen LogP) is 3.91. The standard InChI is InChI=1S/C21H22N4OS/c1-2-11-25-16-6-3-10-22-19(16)24-12-4-8-18(24)21(25)9-13-23(15-21)20(26)17-7-5-14-27-17/h3-8,10,12,14H,2,9,11,13,15H2,1H3/t21-/m0/s1. The molecule has 1 fully saturated rings. The molecule has 0 unspecified atom stereocenters. The highest BCUT2D eigenvalue weighted by Crippen LogP contribution is 2.47. The maximum atomic E-state index is 13.0. The van der Waals surface area contributed by atoms with Crippen LogP contribution in [0.4, 0.5) is 5.69 Å². The van der Waals surface area contributed by atoms with Crippen LogP contribution >= 0.6 is 11.3 Å². The van der Waals surface area contributed by atoms with E-state index in [2.05, 4.69) is 45.8 Å². The number of rotatable bonds is 3. The van der Waals surface area contributed by atoms with Crippen molar-refractivity contribution < 1.29 is 4.79 Å². The Morgan fingerprint density at radius 3 is 3.00 bits per heavy atom. The van der Waals surface area contributed by atoms with Crippen LogP contribution in [0.2, 0.25) is 0 Å². The largest absolute Gasteiger partial charge is 0.355 e. The number of likely N-dealkylation sites (tertiary alicyclic amines) is 1. The number of thiophene rings is 1. The summed E-state index contributed by atoms with van der Waals surface area (Å²) >= 11 is 1.52. The number of carbonyl (C=O) groups excluding carboxylic acids is 1. The first kappa shape index (κ1) is 16.6. The fourth-order valence-corrected chi connectivity index (χ4v) is 5.30. The molecule has 1 spiro atoms. The highest BCUT2D eigenvalue weighted by atomic mass is 32.1. The number of fused-ring (bicyclic) bond motifs is 4. The Hall–Kier alpha value is -2.60. The molecule has 5 heterocycles. The van der Waals surface area contributed by atoms with E-state index in [1.165, 1.54) is 17.0 Å². The SMILES string of the molecule is CCCN1c2cccnc2-n2cccc2[C@@]12CCN(C(=O)c1cccs1)C2. The second-order valence-electron chi connectivity index (χ2n) is 7.25. The second kappa shape index (κ2) is 6.23. The molecule has 0 aromatic carbocycles. The van der Waals surface area contributed by atoms with E-state index in [0.717, 1.165) is 42.3 Å². The van der Waals surface area contributed by atoms with Crippen molar-refractivity contribution in [2.24, 2.45) is 0 Å². The highest BCUT2D eigenvalue weighted by Gasteiger charge is 2.50. The molecule has 138 valence electrons. The molecular weight excluding hydrogens is 356 g/mol. The van der Waals surface area contributed by atoms with Crippen molar-refractivity contribution >= 4 is 22.9 Å². The molecule has 0 saturated carbocycles. The van der Waals surface area contributed by atoms with Gasteiger partial charge >= 0.3 is 0 Å². The Kier molecular flexibility index (Phi) is 3.82. The molecule has 3 aromatic heterocycles. The number of hydrogen-bond acceptors (Lipinski definition) is 4. The first-order valence-electron chi connectivity index (χ1n) is 9.48. The van der Waals surface area contributed by atoms with Gasteiger partial charge in [-0.05, 0) is 48.6 Å². The smallest absolute Gasteiger partial charge is 0.264 e. The number of pyridine rings is 1. The fourth-order valence-electron chi connectivity index (χ4n) is 4.61. The van der Waals surface area contributed by atoms with E-state index in [1.807, 2.05) is 34.7 Å². The number of hydrogen-bond donors (Lipinski definition) is 0. The van der Waals surface area contributed by atoms with E-state index in [-0.39, 0.29) is 11.4 Å². The number of anilines is 1. The van der Waals surface area contributed by atoms with Gasteiger partial charge in [-0.2, -0.15) is 0 Å². The average Bonchev–Trinajstić information content (AvgIpc) is 3.46. The topological polar surface area (TPSA) is 41.4 Å². The molecule has 0 N–H and O–H groups in total. The van der Waals surface area contributed by atoms with Crippen LogP contribution < -0.4 is 4.90 Å². The van der Waals surface area contributed by atoms with Crippen LogP contribution in [-0.4, -0.2) is 40.0 Å². The van der Waals surface area contributed by atoms with Crippen molar-refractivity contribution in [2.45, 2.75) is 25.3 Å². The van der Waals surface area contributed by atoms with Crippen LogP contribution in [0.1, 0.15) is 35.1 Å². The lowest BCUT2D eigenvalue weighted by Gasteiger charge is -2.47. The van der Waals surface area contributed by atoms with Crippen molar-refractivity contribution in [1.29, 1.82) is 0 Å². The highest BCUT2D eigenvalue weighted by molar-refractivity contribution is 7.12. The molecule has 3 aromatic rings. The molecule has 1 amide bonds. The van der Waals surface area contributed by atoms with Gasteiger partial charge in [0.15, 0.2) is 5.82 Å². The van der Waals surface area contributed by atoms with E-state index in [4.69, 9.17) is 0 Å². The molecule has 27 heavy (non-hydrogen) atoms. The van der Waals surface area contributed by atoms with Crippen LogP contribution in [-0.2, 0) is 5.54 Å². The molecule has 0 radical (unpaired) electrons. The molecule has 6 heteroatoms. The van der Waals surface area contributed by atoms with E-state index >= 15 is 0 Å². The summed E-state index contributed by atoms with van der Waals surface area (Å²) in [6.45, 7) is 4.64. The van der Waals surface area contributed by atoms with Crippen LogP contribution in [0.3, 0.4) is 0 Å². The number of aromatic nitrogens is 2. The number of carbonyl (C=O) groups is 1. The zero-order valence-corrected chi connectivity index (χ0v) is 16.2. The summed E-state index contributed by atoms with van der Waals surface area (Å²) in [4.78, 5) is 23.0. The summed E-state index contributed by atoms with van der Waals surface area (Å²) in [6, 6.07) is 12.3. The Morgan fingerprint density at radius 1 is 1.26 bits per heavy atom. The summed E-state index contributed by atoms with van der Waals surface area (Å²) in [6.07, 6.45) is 5.93. The lowest BCUT2D eigenvalue weighted by molar-refractivity contribution is 0.0787. The van der Waals surface area contributed by atoms with Gasteiger partial charge in [0.2, 0.25) is 0 Å². The predicted molar refractivity (Wildman–Crippen MR) is 108 cm³/mol. The van der Waals surface area contributed by atoms with Gasteiger partial charge in [0, 0.05) is 32.0 Å². The van der Waals surface area contributed by atoms with Gasteiger partial charge in [-0.15, -0.1) is 11.3 Å². The first-order valence-corrected chi connectivity index (χ1v) is 10.4. The van der Waals surface area contributed by atoms with E-state index in [9.17, 15) is 4.79 Å². The van der Waals surface area contributed by atoms with E-state index < -0.39 is 0 Å². The lowest BCUT2D eigenvalue weighted by Crippen LogP contribution is -2.53. The third-order valence-corrected chi connectivity index (χ3v) is 6.60. The minimum absolute atomic E-state index is 0.147. The fraction of sp³-hybridized carbons (Fsp3) is 0.333. The Morgan fingerprint density at radius 2 is 2.19 bits per heavy atom. The van der Waals surface area contributed by atoms with Gasteiger partial charge < -0.3 is 14.4 Å². The molecule has 0 bridgehead atoms. The quantitative estimate of drug-likeness (QED) is 0.694. The van der Waals surface area contributed by atoms with Crippen molar-refractivity contribution in [1.82, 2.24) is 14.5 Å². The molecular formula is C21H22N4OS. The summed E-state index contributed by atoms with van der Waals surface area (Å²) in [7, 11) is 0. The van der Waals surface area contributed by atoms with Crippen molar-refractivity contribution in [2.75, 3.05) is 24.5 Å². The second-order valence-corrected chi connectivity index (χ2v) is 8.19. The summed E-state index contributed by atoms with van der Waals surface area (Å²) in [5.74, 6) is 1.13. The zero-order chi connectivity index (χ0) is 18.4. The minimum atomic E-state index is -0.192. The summed E-state index contributed by atoms with van der Waals surface area (Å²) < 4.78 is 2.21. The lowest BCUT2D eigenvalue weighted by atomic mass is 9.88. The molecule has 1 saturated heterocycles. The monoisotopic (exact) mass is 378 g/mol. The van der Waals surface area contributed by atoms with Crippen LogP contribution in [0, 0.1) is 0 Å². The Bertz CT molecular complexity index is 980. The van der Waals surface area contributed by atoms with Gasteiger partial charge in [0.25, 0.3) is 5.91 Å². The maximum Gasteiger partial charge on any atom is 0.264 e. The number of nitrogens with zero attached hydrogens (tertiary/aromatic N) is 4. The van der Waals surface area contributed by atoms with Gasteiger partial charge in [-0.1, -0.05) is 13.0 Å². The van der Waals surface area contributed by atoms with Gasteiger partial charge in [0.1, 0.15) is 5.54 Å². The molecule has 5 rings (SSSR count). The van der Waals surface area contributed by atoms with Crippen LogP contribution in [0.15, 0.2) is 54.2 Å². The van der Waals surface area contributed by atoms with E-state index in [1.54, 1.807) is 0 Å². The molecule has 5 nitrogen and oxygen atoms in total. The maximum absolute atomic E-state index is 13.0. The third kappa shape index (κ3) is 2.36. The Balaban J connectivity index is 1.60. The van der Waals surface area contributed by atoms with E-state index in [0.29, 0.717) is 6.54 Å². The van der Waals surface area contributed by atoms with Crippen molar-refractivity contribution in [3.05, 3.63) is 64.7 Å². The molecule has 1 atom stereocenters. The molecule has 0 aliphatic carbocycles.